The fraction of sp³-hybridized carbons (Fsp3) is 0.600. The highest BCUT2D eigenvalue weighted by Gasteiger charge is 2.39. The number of nitrogens with one attached hydrogen (secondary N) is 3. The van der Waals surface area contributed by atoms with Gasteiger partial charge in [-0.3, -0.25) is 19.2 Å². The molecule has 14 nitrogen and oxygen atoms in total. The lowest BCUT2D eigenvalue weighted by molar-refractivity contribution is -0.145. The van der Waals surface area contributed by atoms with Gasteiger partial charge in [-0.05, 0) is 26.2 Å². The molecule has 34 heavy (non-hydrogen) atoms. The number of nitrogens with zero attached hydrogens (tertiary/aromatic N) is 2. The monoisotopic (exact) mass is 482 g/mol. The number of hydrogen-bond donors (Lipinski definition) is 7. The Morgan fingerprint density at radius 2 is 1.94 bits per heavy atom. The zero-order valence-corrected chi connectivity index (χ0v) is 18.6. The van der Waals surface area contributed by atoms with E-state index in [1.165, 1.54) is 24.3 Å². The third-order valence-corrected chi connectivity index (χ3v) is 5.52. The second-order valence-electron chi connectivity index (χ2n) is 8.13. The van der Waals surface area contributed by atoms with Crippen molar-refractivity contribution in [1.82, 2.24) is 25.5 Å². The number of aromatic nitrogens is 2. The van der Waals surface area contributed by atoms with Gasteiger partial charge in [-0.2, -0.15) is 0 Å². The molecule has 0 radical (unpaired) electrons. The number of carbonyl (C=O) groups excluding carboxylic acids is 3. The molecule has 5 unspecified atom stereocenters. The number of nitrogens with two attached hydrogens (primary N) is 1. The Morgan fingerprint density at radius 3 is 2.50 bits per heavy atom. The first-order chi connectivity index (χ1) is 16.0. The largest absolute Gasteiger partial charge is 0.481 e. The Hall–Kier alpha value is -3.52. The lowest BCUT2D eigenvalue weighted by Crippen LogP contribution is -2.58. The van der Waals surface area contributed by atoms with E-state index < -0.39 is 66.4 Å². The molecule has 8 N–H and O–H groups in total. The number of likely N-dealkylation sites (tertiary alicyclic amines) is 1. The molecule has 5 atom stereocenters. The Bertz CT molecular complexity index is 890. The molecular weight excluding hydrogens is 452 g/mol. The Kier molecular flexibility index (Phi) is 9.50. The van der Waals surface area contributed by atoms with Crippen molar-refractivity contribution in [3.8, 4) is 0 Å². The first-order valence-electron chi connectivity index (χ1n) is 10.8. The quantitative estimate of drug-likeness (QED) is 0.166. The van der Waals surface area contributed by atoms with Gasteiger partial charge in [0.05, 0.1) is 12.4 Å². The van der Waals surface area contributed by atoms with E-state index in [9.17, 15) is 34.2 Å². The van der Waals surface area contributed by atoms with E-state index in [1.807, 2.05) is 0 Å². The average molecular weight is 482 g/mol. The maximum atomic E-state index is 13.3. The van der Waals surface area contributed by atoms with Crippen molar-refractivity contribution >= 4 is 29.7 Å². The molecule has 0 bridgehead atoms. The zero-order valence-electron chi connectivity index (χ0n) is 18.6. The molecule has 1 aliphatic heterocycles. The van der Waals surface area contributed by atoms with Gasteiger partial charge in [0.2, 0.25) is 17.7 Å². The van der Waals surface area contributed by atoms with E-state index in [-0.39, 0.29) is 25.8 Å². The molecular formula is C20H30N6O8. The fourth-order valence-corrected chi connectivity index (χ4v) is 3.60. The van der Waals surface area contributed by atoms with Crippen molar-refractivity contribution in [3.63, 3.8) is 0 Å². The molecule has 0 aliphatic carbocycles. The van der Waals surface area contributed by atoms with Gasteiger partial charge < -0.3 is 41.6 Å². The van der Waals surface area contributed by atoms with Crippen LogP contribution in [-0.2, 0) is 30.4 Å². The molecule has 1 aromatic heterocycles. The number of carbonyl (C=O) groups is 5. The van der Waals surface area contributed by atoms with Crippen LogP contribution in [0.4, 0.5) is 0 Å². The molecule has 2 rings (SSSR count). The normalized spacial score (nSPS) is 19.0. The highest BCUT2D eigenvalue weighted by Crippen LogP contribution is 2.20. The third kappa shape index (κ3) is 7.25. The minimum atomic E-state index is -1.43. The van der Waals surface area contributed by atoms with Crippen molar-refractivity contribution in [2.75, 3.05) is 6.54 Å². The number of amides is 3. The van der Waals surface area contributed by atoms with Gasteiger partial charge in [0, 0.05) is 31.3 Å². The van der Waals surface area contributed by atoms with Gasteiger partial charge in [-0.15, -0.1) is 0 Å². The Morgan fingerprint density at radius 1 is 1.24 bits per heavy atom. The number of carboxylic acid groups (broad SMARTS) is 2. The number of aromatic amines is 1. The number of aliphatic hydroxyl groups is 1. The van der Waals surface area contributed by atoms with Crippen molar-refractivity contribution in [1.29, 1.82) is 0 Å². The van der Waals surface area contributed by atoms with Gasteiger partial charge in [0.15, 0.2) is 0 Å². The Labute approximate surface area is 194 Å². The van der Waals surface area contributed by atoms with Crippen LogP contribution in [0.1, 0.15) is 38.3 Å². The predicted molar refractivity (Wildman–Crippen MR) is 115 cm³/mol. The van der Waals surface area contributed by atoms with Gasteiger partial charge in [0.1, 0.15) is 24.2 Å². The predicted octanol–water partition coefficient (Wildman–Crippen LogP) is -2.43. The summed E-state index contributed by atoms with van der Waals surface area (Å²) in [5, 5.41) is 32.5. The molecule has 0 spiro atoms. The maximum Gasteiger partial charge on any atom is 0.326 e. The summed E-state index contributed by atoms with van der Waals surface area (Å²) in [7, 11) is 0. The number of imidazole rings is 1. The highest BCUT2D eigenvalue weighted by molar-refractivity contribution is 5.94. The first kappa shape index (κ1) is 26.7. The van der Waals surface area contributed by atoms with Crippen molar-refractivity contribution in [2.24, 2.45) is 5.73 Å². The molecule has 2 heterocycles. The van der Waals surface area contributed by atoms with Crippen LogP contribution in [0.5, 0.6) is 0 Å². The second kappa shape index (κ2) is 12.1. The molecule has 0 saturated carbocycles. The lowest BCUT2D eigenvalue weighted by Gasteiger charge is -2.30. The smallest absolute Gasteiger partial charge is 0.326 e. The van der Waals surface area contributed by atoms with Crippen molar-refractivity contribution < 1.29 is 39.3 Å². The van der Waals surface area contributed by atoms with Crippen molar-refractivity contribution in [2.45, 2.75) is 69.3 Å². The molecule has 3 amide bonds. The minimum Gasteiger partial charge on any atom is -0.481 e. The van der Waals surface area contributed by atoms with Gasteiger partial charge in [-0.25, -0.2) is 9.78 Å². The lowest BCUT2D eigenvalue weighted by atomic mass is 10.1. The van der Waals surface area contributed by atoms with Gasteiger partial charge in [0.25, 0.3) is 0 Å². The molecule has 1 fully saturated rings. The van der Waals surface area contributed by atoms with Crippen LogP contribution in [0.2, 0.25) is 0 Å². The molecule has 14 heteroatoms. The number of rotatable bonds is 12. The molecule has 1 aromatic rings. The van der Waals surface area contributed by atoms with Gasteiger partial charge >= 0.3 is 11.9 Å². The van der Waals surface area contributed by atoms with Crippen molar-refractivity contribution in [3.05, 3.63) is 18.2 Å². The molecule has 188 valence electrons. The summed E-state index contributed by atoms with van der Waals surface area (Å²) in [6.07, 6.45) is 1.68. The number of H-pyrrole nitrogens is 1. The minimum absolute atomic E-state index is 0.0122. The molecule has 1 saturated heterocycles. The SMILES string of the molecule is CC(O)C(N)C(=O)NC(Cc1cnc[nH]1)C(=O)N1CCCC1C(=O)NC(CCC(=O)O)C(=O)O. The number of carboxylic acids is 2. The Balaban J connectivity index is 2.16. The first-order valence-corrected chi connectivity index (χ1v) is 10.8. The molecule has 1 aliphatic rings. The van der Waals surface area contributed by atoms with Crippen LogP contribution in [0.3, 0.4) is 0 Å². The number of aliphatic hydroxyl groups excluding tert-OH is 1. The van der Waals surface area contributed by atoms with Crippen LogP contribution in [0.15, 0.2) is 12.5 Å². The van der Waals surface area contributed by atoms with E-state index in [1.54, 1.807) is 0 Å². The summed E-state index contributed by atoms with van der Waals surface area (Å²) in [5.41, 5.74) is 6.21. The summed E-state index contributed by atoms with van der Waals surface area (Å²) >= 11 is 0. The summed E-state index contributed by atoms with van der Waals surface area (Å²) in [4.78, 5) is 68.7. The average Bonchev–Trinajstić information content (AvgIpc) is 3.46. The van der Waals surface area contributed by atoms with E-state index >= 15 is 0 Å². The fourth-order valence-electron chi connectivity index (χ4n) is 3.60. The number of aliphatic carboxylic acids is 2. The van der Waals surface area contributed by atoms with E-state index in [4.69, 9.17) is 10.8 Å². The third-order valence-electron chi connectivity index (χ3n) is 5.52. The van der Waals surface area contributed by atoms with Gasteiger partial charge in [-0.1, -0.05) is 0 Å². The van der Waals surface area contributed by atoms with Crippen LogP contribution in [0.25, 0.3) is 0 Å². The van der Waals surface area contributed by atoms with Crippen LogP contribution in [0, 0.1) is 0 Å². The van der Waals surface area contributed by atoms with Crippen LogP contribution < -0.4 is 16.4 Å². The topological polar surface area (TPSA) is 228 Å². The van der Waals surface area contributed by atoms with E-state index in [0.717, 1.165) is 0 Å². The maximum absolute atomic E-state index is 13.3. The second-order valence-corrected chi connectivity index (χ2v) is 8.13. The highest BCUT2D eigenvalue weighted by atomic mass is 16.4. The number of hydrogen-bond acceptors (Lipinski definition) is 8. The van der Waals surface area contributed by atoms with E-state index in [2.05, 4.69) is 20.6 Å². The summed E-state index contributed by atoms with van der Waals surface area (Å²) in [6, 6.07) is -4.83. The molecule has 0 aromatic carbocycles. The zero-order chi connectivity index (χ0) is 25.4. The standard InChI is InChI=1S/C20H30N6O8/c1-10(27)16(21)18(31)25-13(7-11-8-22-9-23-11)19(32)26-6-2-3-14(26)17(30)24-12(20(33)34)4-5-15(28)29/h8-10,12-14,16,27H,2-7,21H2,1H3,(H,22,23)(H,24,30)(H,25,31)(H,28,29)(H,33,34). The van der Waals surface area contributed by atoms with Crippen LogP contribution >= 0.6 is 0 Å². The summed E-state index contributed by atoms with van der Waals surface area (Å²) in [6.45, 7) is 1.53. The summed E-state index contributed by atoms with van der Waals surface area (Å²) in [5.74, 6) is -4.66. The summed E-state index contributed by atoms with van der Waals surface area (Å²) < 4.78 is 0. The van der Waals surface area contributed by atoms with Crippen LogP contribution in [-0.4, -0.2) is 96.7 Å². The van der Waals surface area contributed by atoms with E-state index in [0.29, 0.717) is 12.1 Å².